The zero-order chi connectivity index (χ0) is 12.0. The summed E-state index contributed by atoms with van der Waals surface area (Å²) in [5.41, 5.74) is 3.54. The third-order valence-corrected chi connectivity index (χ3v) is 4.47. The Hall–Kier alpha value is -1.35. The summed E-state index contributed by atoms with van der Waals surface area (Å²) < 4.78 is 0. The van der Waals surface area contributed by atoms with Crippen LogP contribution >= 0.6 is 0 Å². The van der Waals surface area contributed by atoms with Crippen LogP contribution in [0.2, 0.25) is 0 Å². The fraction of sp³-hybridized carbons (Fsp3) is 0.500. The second-order valence-electron chi connectivity index (χ2n) is 5.54. The number of hydrogen-bond donors (Lipinski definition) is 1. The van der Waals surface area contributed by atoms with Crippen molar-refractivity contribution in [1.29, 1.82) is 0 Å². The Bertz CT molecular complexity index is 483. The van der Waals surface area contributed by atoms with Crippen LogP contribution in [0, 0.1) is 0 Å². The SMILES string of the molecule is CN1CCC2(C)CC1/C(=N\O)c1ccccc12. The standard InChI is InChI=1S/C14H18N2O/c1-14-7-8-16(2)12(9-14)13(15-17)10-5-3-4-6-11(10)14/h3-6,12,17H,7-9H2,1-2H3/b15-13-. The van der Waals surface area contributed by atoms with Crippen molar-refractivity contribution in [2.45, 2.75) is 31.2 Å². The van der Waals surface area contributed by atoms with E-state index in [-0.39, 0.29) is 11.5 Å². The first-order valence-corrected chi connectivity index (χ1v) is 6.18. The van der Waals surface area contributed by atoms with Gasteiger partial charge >= 0.3 is 0 Å². The molecule has 1 N–H and O–H groups in total. The highest BCUT2D eigenvalue weighted by Gasteiger charge is 2.44. The lowest BCUT2D eigenvalue weighted by molar-refractivity contribution is 0.157. The predicted octanol–water partition coefficient (Wildman–Crippen LogP) is 2.23. The van der Waals surface area contributed by atoms with Crippen LogP contribution in [0.5, 0.6) is 0 Å². The number of rotatable bonds is 0. The van der Waals surface area contributed by atoms with E-state index in [1.165, 1.54) is 12.0 Å². The molecule has 1 saturated heterocycles. The van der Waals surface area contributed by atoms with E-state index in [1.807, 2.05) is 6.07 Å². The van der Waals surface area contributed by atoms with E-state index in [1.54, 1.807) is 0 Å². The van der Waals surface area contributed by atoms with Crippen LogP contribution in [0.25, 0.3) is 0 Å². The Morgan fingerprint density at radius 3 is 2.94 bits per heavy atom. The van der Waals surface area contributed by atoms with E-state index < -0.39 is 0 Å². The molecule has 0 spiro atoms. The maximum absolute atomic E-state index is 9.31. The van der Waals surface area contributed by atoms with Crippen molar-refractivity contribution in [3.63, 3.8) is 0 Å². The Balaban J connectivity index is 2.22. The average Bonchev–Trinajstić information content (AvgIpc) is 2.35. The van der Waals surface area contributed by atoms with Gasteiger partial charge in [-0.1, -0.05) is 36.3 Å². The van der Waals surface area contributed by atoms with Gasteiger partial charge in [0.2, 0.25) is 0 Å². The largest absolute Gasteiger partial charge is 0.411 e. The lowest BCUT2D eigenvalue weighted by atomic mass is 9.64. The smallest absolute Gasteiger partial charge is 0.104 e. The molecule has 17 heavy (non-hydrogen) atoms. The van der Waals surface area contributed by atoms with Crippen LogP contribution in [-0.4, -0.2) is 35.5 Å². The summed E-state index contributed by atoms with van der Waals surface area (Å²) in [6, 6.07) is 8.62. The van der Waals surface area contributed by atoms with E-state index in [4.69, 9.17) is 0 Å². The van der Waals surface area contributed by atoms with Gasteiger partial charge in [0, 0.05) is 5.56 Å². The van der Waals surface area contributed by atoms with Crippen LogP contribution in [0.3, 0.4) is 0 Å². The summed E-state index contributed by atoms with van der Waals surface area (Å²) in [4.78, 5) is 2.30. The van der Waals surface area contributed by atoms with Gasteiger partial charge in [-0.3, -0.25) is 4.90 Å². The van der Waals surface area contributed by atoms with Crippen molar-refractivity contribution in [3.05, 3.63) is 35.4 Å². The highest BCUT2D eigenvalue weighted by atomic mass is 16.4. The Morgan fingerprint density at radius 2 is 2.18 bits per heavy atom. The molecule has 1 fully saturated rings. The fourth-order valence-electron chi connectivity index (χ4n) is 3.35. The number of nitrogens with zero attached hydrogens (tertiary/aromatic N) is 2. The van der Waals surface area contributed by atoms with Gasteiger partial charge in [-0.15, -0.1) is 0 Å². The molecule has 3 heteroatoms. The van der Waals surface area contributed by atoms with E-state index in [9.17, 15) is 5.21 Å². The molecule has 3 nitrogen and oxygen atoms in total. The van der Waals surface area contributed by atoms with Gasteiger partial charge < -0.3 is 5.21 Å². The minimum Gasteiger partial charge on any atom is -0.411 e. The summed E-state index contributed by atoms with van der Waals surface area (Å²) in [6.45, 7) is 3.40. The van der Waals surface area contributed by atoms with E-state index >= 15 is 0 Å². The molecule has 1 aromatic rings. The van der Waals surface area contributed by atoms with Crippen molar-refractivity contribution in [1.82, 2.24) is 4.90 Å². The summed E-state index contributed by atoms with van der Waals surface area (Å²) in [5, 5.41) is 12.9. The normalized spacial score (nSPS) is 34.7. The van der Waals surface area contributed by atoms with E-state index in [0.717, 1.165) is 24.2 Å². The van der Waals surface area contributed by atoms with Crippen LogP contribution in [-0.2, 0) is 5.41 Å². The van der Waals surface area contributed by atoms with Crippen molar-refractivity contribution in [2.24, 2.45) is 5.16 Å². The number of hydrogen-bond acceptors (Lipinski definition) is 3. The molecule has 0 saturated carbocycles. The maximum atomic E-state index is 9.31. The lowest BCUT2D eigenvalue weighted by Gasteiger charge is -2.48. The molecule has 1 aliphatic heterocycles. The van der Waals surface area contributed by atoms with Crippen molar-refractivity contribution < 1.29 is 5.21 Å². The van der Waals surface area contributed by atoms with Gasteiger partial charge in [-0.05, 0) is 37.4 Å². The van der Waals surface area contributed by atoms with E-state index in [2.05, 4.69) is 42.2 Å². The first-order chi connectivity index (χ1) is 8.15. The van der Waals surface area contributed by atoms with Gasteiger partial charge in [0.15, 0.2) is 0 Å². The summed E-state index contributed by atoms with van der Waals surface area (Å²) >= 11 is 0. The van der Waals surface area contributed by atoms with E-state index in [0.29, 0.717) is 0 Å². The summed E-state index contributed by atoms with van der Waals surface area (Å²) in [6.07, 6.45) is 2.23. The predicted molar refractivity (Wildman–Crippen MR) is 67.8 cm³/mol. The zero-order valence-corrected chi connectivity index (χ0v) is 10.3. The second kappa shape index (κ2) is 3.57. The second-order valence-corrected chi connectivity index (χ2v) is 5.54. The molecular weight excluding hydrogens is 212 g/mol. The molecule has 2 bridgehead atoms. The topological polar surface area (TPSA) is 35.8 Å². The molecule has 0 amide bonds. The Labute approximate surface area is 102 Å². The summed E-state index contributed by atoms with van der Waals surface area (Å²) in [7, 11) is 2.11. The fourth-order valence-corrected chi connectivity index (χ4v) is 3.35. The molecule has 1 heterocycles. The summed E-state index contributed by atoms with van der Waals surface area (Å²) in [5.74, 6) is 0. The first-order valence-electron chi connectivity index (χ1n) is 6.18. The van der Waals surface area contributed by atoms with Gasteiger partial charge in [-0.25, -0.2) is 0 Å². The Morgan fingerprint density at radius 1 is 1.41 bits per heavy atom. The first kappa shape index (κ1) is 10.8. The average molecular weight is 230 g/mol. The quantitative estimate of drug-likeness (QED) is 0.548. The zero-order valence-electron chi connectivity index (χ0n) is 10.3. The third kappa shape index (κ3) is 1.42. The van der Waals surface area contributed by atoms with Crippen molar-refractivity contribution >= 4 is 5.71 Å². The molecule has 3 rings (SSSR count). The highest BCUT2D eigenvalue weighted by molar-refractivity contribution is 6.06. The molecule has 2 unspecified atom stereocenters. The van der Waals surface area contributed by atoms with Gasteiger partial charge in [0.1, 0.15) is 5.71 Å². The van der Waals surface area contributed by atoms with Crippen molar-refractivity contribution in [2.75, 3.05) is 13.6 Å². The molecule has 2 aliphatic rings. The number of piperidine rings is 1. The number of fused-ring (bicyclic) bond motifs is 4. The molecule has 1 aliphatic carbocycles. The van der Waals surface area contributed by atoms with Gasteiger partial charge in [0.05, 0.1) is 6.04 Å². The lowest BCUT2D eigenvalue weighted by Crippen LogP contribution is -2.53. The van der Waals surface area contributed by atoms with Crippen LogP contribution in [0.4, 0.5) is 0 Å². The van der Waals surface area contributed by atoms with Crippen LogP contribution in [0.1, 0.15) is 30.9 Å². The molecule has 90 valence electrons. The van der Waals surface area contributed by atoms with Crippen LogP contribution in [0.15, 0.2) is 29.4 Å². The molecule has 0 aromatic heterocycles. The molecule has 2 atom stereocenters. The molecule has 0 radical (unpaired) electrons. The van der Waals surface area contributed by atoms with Gasteiger partial charge in [0.25, 0.3) is 0 Å². The number of likely N-dealkylation sites (N-methyl/N-ethyl adjacent to an activating group) is 1. The third-order valence-electron chi connectivity index (χ3n) is 4.47. The monoisotopic (exact) mass is 230 g/mol. The number of oxime groups is 1. The number of benzene rings is 1. The number of likely N-dealkylation sites (tertiary alicyclic amines) is 1. The Kier molecular flexibility index (Phi) is 2.26. The highest BCUT2D eigenvalue weighted by Crippen LogP contribution is 2.44. The van der Waals surface area contributed by atoms with Crippen molar-refractivity contribution in [3.8, 4) is 0 Å². The van der Waals surface area contributed by atoms with Gasteiger partial charge in [-0.2, -0.15) is 0 Å². The minimum absolute atomic E-state index is 0.238. The molecule has 1 aromatic carbocycles. The molecular formula is C14H18N2O. The minimum atomic E-state index is 0.238. The van der Waals surface area contributed by atoms with Crippen LogP contribution < -0.4 is 0 Å². The maximum Gasteiger partial charge on any atom is 0.104 e.